The molecular weight excluding hydrogens is 524 g/mol. The van der Waals surface area contributed by atoms with Gasteiger partial charge in [0.05, 0.1) is 23.7 Å². The van der Waals surface area contributed by atoms with Crippen LogP contribution in [0.1, 0.15) is 37.9 Å². The number of methoxy groups -OCH3 is 1. The molecule has 0 radical (unpaired) electrons. The zero-order valence-electron chi connectivity index (χ0n) is 23.1. The van der Waals surface area contributed by atoms with E-state index in [0.717, 1.165) is 16.9 Å². The highest BCUT2D eigenvalue weighted by Gasteiger charge is 2.43. The second-order valence-electron chi connectivity index (χ2n) is 10.4. The Balaban J connectivity index is 1.67. The lowest BCUT2D eigenvalue weighted by molar-refractivity contribution is 0.0891. The van der Waals surface area contributed by atoms with Gasteiger partial charge in [-0.05, 0) is 67.1 Å². The van der Waals surface area contributed by atoms with Crippen LogP contribution in [0.25, 0.3) is 33.5 Å². The number of pyridine rings is 1. The van der Waals surface area contributed by atoms with E-state index in [1.54, 1.807) is 35.9 Å². The summed E-state index contributed by atoms with van der Waals surface area (Å²) in [5, 5.41) is 0.346. The van der Waals surface area contributed by atoms with Gasteiger partial charge in [0.25, 0.3) is 5.56 Å². The molecule has 6 nitrogen and oxygen atoms in total. The largest absolute Gasteiger partial charge is 0.497 e. The molecular formula is C36H26N2O4. The maximum absolute atomic E-state index is 14.6. The number of rotatable bonds is 5. The maximum Gasteiger partial charge on any atom is 0.265 e. The van der Waals surface area contributed by atoms with Crippen molar-refractivity contribution in [3.63, 3.8) is 0 Å². The van der Waals surface area contributed by atoms with Crippen molar-refractivity contribution in [1.29, 1.82) is 0 Å². The first-order chi connectivity index (χ1) is 20.5. The maximum atomic E-state index is 14.6. The molecule has 0 atom stereocenters. The third-order valence-corrected chi connectivity index (χ3v) is 8.02. The van der Waals surface area contributed by atoms with Gasteiger partial charge in [0.1, 0.15) is 11.7 Å². The normalized spacial score (nSPS) is 13.1. The standard InChI is InChI=1S/C36H26N2O4/c1-22-21-29-30(36(41)37(22)24-11-5-3-6-12-24)31(32-34(39)27-15-9-10-16-28(27)35(32)40)33(23-17-19-26(42-2)20-18-23)38(29)25-13-7-4-8-14-25/h3-21,32H,1-2H3. The number of hydrogen-bond acceptors (Lipinski definition) is 4. The molecule has 0 amide bonds. The highest BCUT2D eigenvalue weighted by Crippen LogP contribution is 2.45. The van der Waals surface area contributed by atoms with E-state index in [0.29, 0.717) is 44.7 Å². The van der Waals surface area contributed by atoms with Crippen LogP contribution in [0.4, 0.5) is 0 Å². The molecule has 0 saturated heterocycles. The van der Waals surface area contributed by atoms with E-state index in [2.05, 4.69) is 0 Å². The number of nitrogens with zero attached hydrogens (tertiary/aromatic N) is 2. The number of ether oxygens (including phenoxy) is 1. The molecule has 4 aromatic carbocycles. The quantitative estimate of drug-likeness (QED) is 0.218. The Kier molecular flexibility index (Phi) is 5.98. The van der Waals surface area contributed by atoms with Crippen LogP contribution in [0.2, 0.25) is 0 Å². The lowest BCUT2D eigenvalue weighted by atomic mass is 9.89. The number of aryl methyl sites for hydroxylation is 1. The van der Waals surface area contributed by atoms with E-state index in [1.165, 1.54) is 0 Å². The van der Waals surface area contributed by atoms with Gasteiger partial charge in [-0.2, -0.15) is 0 Å². The van der Waals surface area contributed by atoms with Crippen LogP contribution in [-0.2, 0) is 0 Å². The Morgan fingerprint density at radius 1 is 0.643 bits per heavy atom. The summed E-state index contributed by atoms with van der Waals surface area (Å²) < 4.78 is 9.07. The molecule has 0 unspecified atom stereocenters. The van der Waals surface area contributed by atoms with E-state index in [9.17, 15) is 14.4 Å². The summed E-state index contributed by atoms with van der Waals surface area (Å²) >= 11 is 0. The van der Waals surface area contributed by atoms with Crippen molar-refractivity contribution >= 4 is 22.5 Å². The number of para-hydroxylation sites is 2. The monoisotopic (exact) mass is 550 g/mol. The molecule has 2 aromatic heterocycles. The number of carbonyl (C=O) groups excluding carboxylic acids is 2. The third kappa shape index (κ3) is 3.76. The molecule has 0 aliphatic heterocycles. The van der Waals surface area contributed by atoms with Gasteiger partial charge in [-0.15, -0.1) is 0 Å². The van der Waals surface area contributed by atoms with Crippen LogP contribution in [-0.4, -0.2) is 27.8 Å². The van der Waals surface area contributed by atoms with Crippen molar-refractivity contribution < 1.29 is 14.3 Å². The smallest absolute Gasteiger partial charge is 0.265 e. The van der Waals surface area contributed by atoms with Crippen LogP contribution in [0.15, 0.2) is 120 Å². The summed E-state index contributed by atoms with van der Waals surface area (Å²) in [6.45, 7) is 1.89. The van der Waals surface area contributed by atoms with E-state index in [4.69, 9.17) is 4.74 Å². The Morgan fingerprint density at radius 3 is 1.71 bits per heavy atom. The number of hydrogen-bond donors (Lipinski definition) is 0. The van der Waals surface area contributed by atoms with Crippen LogP contribution in [0.3, 0.4) is 0 Å². The highest BCUT2D eigenvalue weighted by atomic mass is 16.5. The molecule has 6 heteroatoms. The molecule has 42 heavy (non-hydrogen) atoms. The van der Waals surface area contributed by atoms with Crippen molar-refractivity contribution in [2.75, 3.05) is 7.11 Å². The van der Waals surface area contributed by atoms with E-state index >= 15 is 0 Å². The molecule has 0 saturated carbocycles. The fourth-order valence-corrected chi connectivity index (χ4v) is 6.17. The summed E-state index contributed by atoms with van der Waals surface area (Å²) in [4.78, 5) is 42.8. The first-order valence-electron chi connectivity index (χ1n) is 13.7. The Labute approximate surface area is 242 Å². The average molecular weight is 551 g/mol. The number of carbonyl (C=O) groups is 2. The molecule has 0 spiro atoms. The van der Waals surface area contributed by atoms with E-state index in [1.807, 2.05) is 102 Å². The SMILES string of the molecule is COc1ccc(-c2c(C3C(=O)c4ccccc4C3=O)c3c(=O)n(-c4ccccc4)c(C)cc3n2-c2ccccc2)cc1. The predicted octanol–water partition coefficient (Wildman–Crippen LogP) is 6.93. The number of aromatic nitrogens is 2. The minimum atomic E-state index is -1.16. The molecule has 2 heterocycles. The summed E-state index contributed by atoms with van der Waals surface area (Å²) in [6.07, 6.45) is 0. The lowest BCUT2D eigenvalue weighted by Gasteiger charge is -2.15. The Hall–Kier alpha value is -5.49. The van der Waals surface area contributed by atoms with E-state index in [-0.39, 0.29) is 17.1 Å². The molecule has 0 N–H and O–H groups in total. The topological polar surface area (TPSA) is 70.3 Å². The molecule has 0 fully saturated rings. The zero-order valence-corrected chi connectivity index (χ0v) is 23.1. The summed E-state index contributed by atoms with van der Waals surface area (Å²) in [5.41, 5.74) is 5.15. The van der Waals surface area contributed by atoms with Gasteiger partial charge in [0.2, 0.25) is 0 Å². The van der Waals surface area contributed by atoms with Gasteiger partial charge in [0.15, 0.2) is 11.6 Å². The Morgan fingerprint density at radius 2 is 1.17 bits per heavy atom. The van der Waals surface area contributed by atoms with Crippen LogP contribution < -0.4 is 10.3 Å². The molecule has 204 valence electrons. The number of ketones is 2. The summed E-state index contributed by atoms with van der Waals surface area (Å²) in [5.74, 6) is -1.09. The van der Waals surface area contributed by atoms with Crippen molar-refractivity contribution in [3.05, 3.63) is 148 Å². The van der Waals surface area contributed by atoms with Gasteiger partial charge in [0, 0.05) is 33.8 Å². The second-order valence-corrected chi connectivity index (χ2v) is 10.4. The van der Waals surface area contributed by atoms with Crippen molar-refractivity contribution in [2.45, 2.75) is 12.8 Å². The molecule has 6 aromatic rings. The molecule has 0 bridgehead atoms. The second kappa shape index (κ2) is 9.85. The number of fused-ring (bicyclic) bond motifs is 2. The first-order valence-corrected chi connectivity index (χ1v) is 13.7. The van der Waals surface area contributed by atoms with Gasteiger partial charge in [-0.3, -0.25) is 19.0 Å². The van der Waals surface area contributed by atoms with Crippen LogP contribution in [0, 0.1) is 6.92 Å². The van der Waals surface area contributed by atoms with Crippen LogP contribution >= 0.6 is 0 Å². The minimum absolute atomic E-state index is 0.285. The van der Waals surface area contributed by atoms with Gasteiger partial charge in [-0.25, -0.2) is 0 Å². The summed E-state index contributed by atoms with van der Waals surface area (Å²) in [7, 11) is 1.60. The average Bonchev–Trinajstić information content (AvgIpc) is 3.49. The fourth-order valence-electron chi connectivity index (χ4n) is 6.17. The van der Waals surface area contributed by atoms with Crippen LogP contribution in [0.5, 0.6) is 5.75 Å². The molecule has 1 aliphatic carbocycles. The van der Waals surface area contributed by atoms with Gasteiger partial charge >= 0.3 is 0 Å². The van der Waals surface area contributed by atoms with Crippen molar-refractivity contribution in [1.82, 2.24) is 9.13 Å². The highest BCUT2D eigenvalue weighted by molar-refractivity contribution is 6.31. The van der Waals surface area contributed by atoms with Crippen molar-refractivity contribution in [2.24, 2.45) is 0 Å². The predicted molar refractivity (Wildman–Crippen MR) is 163 cm³/mol. The number of Topliss-reactive ketones (excluding diaryl/α,β-unsaturated/α-hetero) is 2. The minimum Gasteiger partial charge on any atom is -0.497 e. The lowest BCUT2D eigenvalue weighted by Crippen LogP contribution is -2.23. The third-order valence-electron chi connectivity index (χ3n) is 8.02. The first kappa shape index (κ1) is 25.5. The Bertz CT molecular complexity index is 2040. The van der Waals surface area contributed by atoms with Gasteiger partial charge in [-0.1, -0.05) is 60.7 Å². The summed E-state index contributed by atoms with van der Waals surface area (Å²) in [6, 6.07) is 35.4. The molecule has 7 rings (SSSR count). The molecule has 1 aliphatic rings. The fraction of sp³-hybridized carbons (Fsp3) is 0.0833. The van der Waals surface area contributed by atoms with Gasteiger partial charge < -0.3 is 9.30 Å². The van der Waals surface area contributed by atoms with Crippen molar-refractivity contribution in [3.8, 4) is 28.4 Å². The zero-order chi connectivity index (χ0) is 29.0. The van der Waals surface area contributed by atoms with E-state index < -0.39 is 5.92 Å². The number of benzene rings is 4.